The molecule has 3 nitrogen and oxygen atoms in total. The number of nitriles is 1. The number of para-hydroxylation sites is 1. The van der Waals surface area contributed by atoms with Crippen molar-refractivity contribution in [1.29, 1.82) is 5.26 Å². The van der Waals surface area contributed by atoms with Crippen LogP contribution < -0.4 is 10.5 Å². The van der Waals surface area contributed by atoms with Gasteiger partial charge in [0, 0.05) is 0 Å². The van der Waals surface area contributed by atoms with Crippen LogP contribution in [0.4, 0.5) is 5.69 Å². The van der Waals surface area contributed by atoms with Crippen molar-refractivity contribution in [2.75, 3.05) is 5.73 Å². The Kier molecular flexibility index (Phi) is 2.97. The molecule has 0 amide bonds. The second kappa shape index (κ2) is 4.58. The average molecular weight is 224 g/mol. The van der Waals surface area contributed by atoms with Crippen LogP contribution in [0.2, 0.25) is 0 Å². The summed E-state index contributed by atoms with van der Waals surface area (Å²) in [7, 11) is 0. The van der Waals surface area contributed by atoms with Gasteiger partial charge in [0.1, 0.15) is 11.8 Å². The smallest absolute Gasteiger partial charge is 0.151 e. The first kappa shape index (κ1) is 11.0. The highest BCUT2D eigenvalue weighted by Gasteiger charge is 2.06. The zero-order valence-corrected chi connectivity index (χ0v) is 9.47. The highest BCUT2D eigenvalue weighted by Crippen LogP contribution is 2.29. The van der Waals surface area contributed by atoms with E-state index in [-0.39, 0.29) is 0 Å². The van der Waals surface area contributed by atoms with E-state index in [1.807, 2.05) is 37.3 Å². The number of aryl methyl sites for hydroxylation is 1. The average Bonchev–Trinajstić information content (AvgIpc) is 2.32. The zero-order chi connectivity index (χ0) is 12.3. The second-order valence-electron chi connectivity index (χ2n) is 3.75. The van der Waals surface area contributed by atoms with E-state index in [4.69, 9.17) is 15.7 Å². The number of ether oxygens (including phenoxy) is 1. The number of benzene rings is 2. The Labute approximate surface area is 100 Å². The summed E-state index contributed by atoms with van der Waals surface area (Å²) < 4.78 is 5.66. The van der Waals surface area contributed by atoms with Crippen LogP contribution in [0.3, 0.4) is 0 Å². The van der Waals surface area contributed by atoms with Crippen molar-refractivity contribution in [1.82, 2.24) is 0 Å². The van der Waals surface area contributed by atoms with Crippen LogP contribution >= 0.6 is 0 Å². The maximum Gasteiger partial charge on any atom is 0.151 e. The van der Waals surface area contributed by atoms with Gasteiger partial charge < -0.3 is 10.5 Å². The van der Waals surface area contributed by atoms with E-state index in [0.29, 0.717) is 22.7 Å². The first-order chi connectivity index (χ1) is 8.20. The predicted molar refractivity (Wildman–Crippen MR) is 66.8 cm³/mol. The number of anilines is 1. The van der Waals surface area contributed by atoms with Crippen LogP contribution in [0.25, 0.3) is 0 Å². The molecule has 17 heavy (non-hydrogen) atoms. The Morgan fingerprint density at radius 3 is 2.65 bits per heavy atom. The molecule has 0 aliphatic heterocycles. The molecule has 0 saturated carbocycles. The molecule has 84 valence electrons. The molecule has 0 aromatic heterocycles. The minimum absolute atomic E-state index is 0.372. The summed E-state index contributed by atoms with van der Waals surface area (Å²) in [5.41, 5.74) is 7.74. The molecule has 0 bridgehead atoms. The third-order valence-corrected chi connectivity index (χ3v) is 2.40. The Hall–Kier alpha value is -2.47. The number of rotatable bonds is 2. The molecule has 0 saturated heterocycles. The third kappa shape index (κ3) is 2.37. The predicted octanol–water partition coefficient (Wildman–Crippen LogP) is 3.24. The van der Waals surface area contributed by atoms with E-state index < -0.39 is 0 Å². The summed E-state index contributed by atoms with van der Waals surface area (Å²) in [4.78, 5) is 0. The summed E-state index contributed by atoms with van der Waals surface area (Å²) in [6.07, 6.45) is 0. The summed E-state index contributed by atoms with van der Waals surface area (Å²) in [5, 5.41) is 8.87. The van der Waals surface area contributed by atoms with Crippen molar-refractivity contribution in [2.45, 2.75) is 6.92 Å². The van der Waals surface area contributed by atoms with E-state index >= 15 is 0 Å². The normalized spacial score (nSPS) is 9.65. The van der Waals surface area contributed by atoms with E-state index in [1.54, 1.807) is 18.2 Å². The number of nitrogen functional groups attached to an aromatic ring is 1. The molecule has 2 aromatic carbocycles. The summed E-state index contributed by atoms with van der Waals surface area (Å²) >= 11 is 0. The van der Waals surface area contributed by atoms with Crippen molar-refractivity contribution in [2.24, 2.45) is 0 Å². The van der Waals surface area contributed by atoms with Gasteiger partial charge in [0.25, 0.3) is 0 Å². The third-order valence-electron chi connectivity index (χ3n) is 2.40. The van der Waals surface area contributed by atoms with E-state index in [0.717, 1.165) is 5.56 Å². The van der Waals surface area contributed by atoms with Crippen LogP contribution in [0.5, 0.6) is 11.5 Å². The molecular formula is C14H12N2O. The Morgan fingerprint density at radius 2 is 1.94 bits per heavy atom. The van der Waals surface area contributed by atoms with Crippen LogP contribution in [-0.2, 0) is 0 Å². The van der Waals surface area contributed by atoms with Gasteiger partial charge in [-0.3, -0.25) is 0 Å². The molecule has 0 aliphatic carbocycles. The maximum absolute atomic E-state index is 8.87. The van der Waals surface area contributed by atoms with Gasteiger partial charge in [0.15, 0.2) is 5.75 Å². The Bertz CT molecular complexity index is 585. The van der Waals surface area contributed by atoms with Crippen molar-refractivity contribution < 1.29 is 4.74 Å². The van der Waals surface area contributed by atoms with Crippen molar-refractivity contribution >= 4 is 5.69 Å². The highest BCUT2D eigenvalue weighted by atomic mass is 16.5. The van der Waals surface area contributed by atoms with Crippen molar-refractivity contribution in [3.05, 3.63) is 53.6 Å². The molecule has 2 rings (SSSR count). The fourth-order valence-corrected chi connectivity index (χ4v) is 1.54. The molecule has 0 heterocycles. The maximum atomic E-state index is 8.87. The number of nitrogens with zero attached hydrogens (tertiary/aromatic N) is 1. The molecule has 0 unspecified atom stereocenters. The van der Waals surface area contributed by atoms with E-state index in [9.17, 15) is 0 Å². The molecule has 2 aromatic rings. The van der Waals surface area contributed by atoms with Crippen molar-refractivity contribution in [3.8, 4) is 17.6 Å². The first-order valence-electron chi connectivity index (χ1n) is 5.24. The van der Waals surface area contributed by atoms with Gasteiger partial charge in [-0.25, -0.2) is 0 Å². The van der Waals surface area contributed by atoms with E-state index in [2.05, 4.69) is 0 Å². The minimum atomic E-state index is 0.372. The van der Waals surface area contributed by atoms with Gasteiger partial charge in [0.2, 0.25) is 0 Å². The van der Waals surface area contributed by atoms with Crippen LogP contribution in [-0.4, -0.2) is 0 Å². The molecule has 0 atom stereocenters. The summed E-state index contributed by atoms with van der Waals surface area (Å²) in [6, 6.07) is 14.9. The quantitative estimate of drug-likeness (QED) is 0.796. The molecule has 0 spiro atoms. The second-order valence-corrected chi connectivity index (χ2v) is 3.75. The lowest BCUT2D eigenvalue weighted by atomic mass is 10.2. The largest absolute Gasteiger partial charge is 0.455 e. The minimum Gasteiger partial charge on any atom is -0.455 e. The number of hydrogen-bond acceptors (Lipinski definition) is 3. The molecule has 0 aliphatic rings. The fourth-order valence-electron chi connectivity index (χ4n) is 1.54. The topological polar surface area (TPSA) is 59.0 Å². The molecule has 0 fully saturated rings. The van der Waals surface area contributed by atoms with Gasteiger partial charge >= 0.3 is 0 Å². The van der Waals surface area contributed by atoms with Crippen molar-refractivity contribution in [3.63, 3.8) is 0 Å². The lowest BCUT2D eigenvalue weighted by Gasteiger charge is -2.09. The lowest BCUT2D eigenvalue weighted by Crippen LogP contribution is -1.95. The van der Waals surface area contributed by atoms with Crippen LogP contribution in [0.15, 0.2) is 42.5 Å². The first-order valence-corrected chi connectivity index (χ1v) is 5.24. The van der Waals surface area contributed by atoms with Gasteiger partial charge in [-0.2, -0.15) is 5.26 Å². The van der Waals surface area contributed by atoms with E-state index in [1.165, 1.54) is 0 Å². The molecule has 2 N–H and O–H groups in total. The molecular weight excluding hydrogens is 212 g/mol. The van der Waals surface area contributed by atoms with Gasteiger partial charge in [-0.15, -0.1) is 0 Å². The Morgan fingerprint density at radius 1 is 1.18 bits per heavy atom. The lowest BCUT2D eigenvalue weighted by molar-refractivity contribution is 0.484. The number of nitrogens with two attached hydrogens (primary N) is 1. The van der Waals surface area contributed by atoms with Crippen LogP contribution in [0.1, 0.15) is 11.1 Å². The highest BCUT2D eigenvalue weighted by molar-refractivity contribution is 5.63. The standard InChI is InChI=1S/C14H12N2O/c1-10-4-2-6-12(8-10)17-13-7-3-5-11(9-15)14(13)16/h2-8H,16H2,1H3. The van der Waals surface area contributed by atoms with Crippen LogP contribution in [0, 0.1) is 18.3 Å². The number of hydrogen-bond donors (Lipinski definition) is 1. The zero-order valence-electron chi connectivity index (χ0n) is 9.47. The Balaban J connectivity index is 2.34. The van der Waals surface area contributed by atoms with Gasteiger partial charge in [-0.1, -0.05) is 18.2 Å². The van der Waals surface area contributed by atoms with Gasteiger partial charge in [0.05, 0.1) is 11.3 Å². The molecule has 3 heteroatoms. The monoisotopic (exact) mass is 224 g/mol. The fraction of sp³-hybridized carbons (Fsp3) is 0.0714. The SMILES string of the molecule is Cc1cccc(Oc2cccc(C#N)c2N)c1. The van der Waals surface area contributed by atoms with Gasteiger partial charge in [-0.05, 0) is 36.8 Å². The summed E-state index contributed by atoms with van der Waals surface area (Å²) in [5.74, 6) is 1.22. The molecule has 0 radical (unpaired) electrons. The summed E-state index contributed by atoms with van der Waals surface area (Å²) in [6.45, 7) is 1.99.